The van der Waals surface area contributed by atoms with Crippen LogP contribution in [0, 0.1) is 0 Å². The zero-order valence-electron chi connectivity index (χ0n) is 17.1. The van der Waals surface area contributed by atoms with Gasteiger partial charge in [-0.05, 0) is 61.6 Å². The molecule has 3 aromatic rings. The van der Waals surface area contributed by atoms with Gasteiger partial charge in [0.15, 0.2) is 0 Å². The molecule has 0 spiro atoms. The Labute approximate surface area is 183 Å². The van der Waals surface area contributed by atoms with Crippen LogP contribution in [0.5, 0.6) is 17.2 Å². The topological polar surface area (TPSA) is 64.7 Å². The third-order valence-corrected chi connectivity index (χ3v) is 5.27. The lowest BCUT2D eigenvalue weighted by Gasteiger charge is -2.14. The summed E-state index contributed by atoms with van der Waals surface area (Å²) in [6, 6.07) is 23.1. The van der Waals surface area contributed by atoms with Gasteiger partial charge in [-0.15, -0.1) is 0 Å². The first-order valence-corrected chi connectivity index (χ1v) is 10.6. The van der Waals surface area contributed by atoms with Gasteiger partial charge in [0, 0.05) is 17.1 Å². The first-order chi connectivity index (χ1) is 14.5. The molecule has 158 valence electrons. The first-order valence-electron chi connectivity index (χ1n) is 10.2. The molecule has 0 saturated carbocycles. The Morgan fingerprint density at radius 2 is 1.67 bits per heavy atom. The van der Waals surface area contributed by atoms with Gasteiger partial charge in [-0.2, -0.15) is 0 Å². The standard InChI is InChI=1S/C25H28ClNO3/c1-18(28)25(27)12-5-9-20-13-14-23(16-24(20)26)30-22-11-6-10-21(15-22)29-17-19-7-3-2-4-8-19/h2-4,6-8,10-11,13-16,18,25,28H,5,9,12,17,27H2,1H3. The number of ether oxygens (including phenoxy) is 2. The van der Waals surface area contributed by atoms with Gasteiger partial charge in [-0.1, -0.05) is 54.1 Å². The normalized spacial score (nSPS) is 12.9. The number of hydrogen-bond donors (Lipinski definition) is 2. The summed E-state index contributed by atoms with van der Waals surface area (Å²) in [7, 11) is 0. The Kier molecular flexibility index (Phi) is 8.14. The molecule has 2 unspecified atom stereocenters. The van der Waals surface area contributed by atoms with E-state index in [1.165, 1.54) is 0 Å². The second kappa shape index (κ2) is 11.0. The minimum Gasteiger partial charge on any atom is -0.489 e. The summed E-state index contributed by atoms with van der Waals surface area (Å²) in [5, 5.41) is 10.1. The highest BCUT2D eigenvalue weighted by Crippen LogP contribution is 2.29. The van der Waals surface area contributed by atoms with Crippen molar-refractivity contribution in [3.63, 3.8) is 0 Å². The Bertz CT molecular complexity index is 931. The van der Waals surface area contributed by atoms with Crippen LogP contribution in [0.25, 0.3) is 0 Å². The summed E-state index contributed by atoms with van der Waals surface area (Å²) in [6.07, 6.45) is 1.93. The molecule has 0 radical (unpaired) electrons. The van der Waals surface area contributed by atoms with Crippen LogP contribution in [0.4, 0.5) is 0 Å². The van der Waals surface area contributed by atoms with Crippen LogP contribution in [0.1, 0.15) is 30.9 Å². The van der Waals surface area contributed by atoms with E-state index < -0.39 is 6.10 Å². The van der Waals surface area contributed by atoms with Gasteiger partial charge in [0.05, 0.1) is 6.10 Å². The smallest absolute Gasteiger partial charge is 0.131 e. The van der Waals surface area contributed by atoms with Crippen molar-refractivity contribution in [2.24, 2.45) is 5.73 Å². The predicted octanol–water partition coefficient (Wildman–Crippen LogP) is 5.74. The van der Waals surface area contributed by atoms with Crippen molar-refractivity contribution >= 4 is 11.6 Å². The minimum absolute atomic E-state index is 0.206. The lowest BCUT2D eigenvalue weighted by Crippen LogP contribution is -2.32. The molecule has 0 heterocycles. The molecule has 0 fully saturated rings. The van der Waals surface area contributed by atoms with Gasteiger partial charge < -0.3 is 20.3 Å². The fraction of sp³-hybridized carbons (Fsp3) is 0.280. The van der Waals surface area contributed by atoms with Gasteiger partial charge in [0.1, 0.15) is 23.9 Å². The SMILES string of the molecule is CC(O)C(N)CCCc1ccc(Oc2cccc(OCc3ccccc3)c2)cc1Cl. The second-order valence-electron chi connectivity index (χ2n) is 7.40. The molecule has 3 aromatic carbocycles. The summed E-state index contributed by atoms with van der Waals surface area (Å²) in [5.41, 5.74) is 8.04. The van der Waals surface area contributed by atoms with E-state index in [-0.39, 0.29) is 6.04 Å². The Morgan fingerprint density at radius 1 is 0.933 bits per heavy atom. The van der Waals surface area contributed by atoms with Gasteiger partial charge in [-0.3, -0.25) is 0 Å². The number of benzene rings is 3. The fourth-order valence-corrected chi connectivity index (χ4v) is 3.33. The van der Waals surface area contributed by atoms with Gasteiger partial charge in [-0.25, -0.2) is 0 Å². The van der Waals surface area contributed by atoms with Gasteiger partial charge in [0.25, 0.3) is 0 Å². The van der Waals surface area contributed by atoms with Crippen LogP contribution in [-0.4, -0.2) is 17.3 Å². The van der Waals surface area contributed by atoms with Crippen LogP contribution in [-0.2, 0) is 13.0 Å². The molecule has 3 rings (SSSR count). The molecule has 30 heavy (non-hydrogen) atoms. The highest BCUT2D eigenvalue weighted by molar-refractivity contribution is 6.31. The van der Waals surface area contributed by atoms with E-state index in [0.717, 1.165) is 36.1 Å². The number of aliphatic hydroxyl groups is 1. The average Bonchev–Trinajstić information content (AvgIpc) is 2.74. The van der Waals surface area contributed by atoms with E-state index in [9.17, 15) is 5.11 Å². The van der Waals surface area contributed by atoms with Crippen LogP contribution in [0.2, 0.25) is 5.02 Å². The number of hydrogen-bond acceptors (Lipinski definition) is 4. The molecule has 0 amide bonds. The quantitative estimate of drug-likeness (QED) is 0.434. The van der Waals surface area contributed by atoms with E-state index in [2.05, 4.69) is 0 Å². The number of aliphatic hydroxyl groups excluding tert-OH is 1. The molecular weight excluding hydrogens is 398 g/mol. The number of halogens is 1. The average molecular weight is 426 g/mol. The maximum Gasteiger partial charge on any atom is 0.131 e. The molecule has 3 N–H and O–H groups in total. The van der Waals surface area contributed by atoms with Crippen LogP contribution in [0.15, 0.2) is 72.8 Å². The van der Waals surface area contributed by atoms with Crippen molar-refractivity contribution in [1.82, 2.24) is 0 Å². The molecule has 0 aliphatic heterocycles. The number of rotatable bonds is 10. The lowest BCUT2D eigenvalue weighted by atomic mass is 10.0. The largest absolute Gasteiger partial charge is 0.489 e. The molecule has 0 aliphatic rings. The van der Waals surface area contributed by atoms with Crippen molar-refractivity contribution < 1.29 is 14.6 Å². The monoisotopic (exact) mass is 425 g/mol. The maximum absolute atomic E-state index is 9.48. The van der Waals surface area contributed by atoms with Gasteiger partial charge in [0.2, 0.25) is 0 Å². The van der Waals surface area contributed by atoms with Crippen LogP contribution < -0.4 is 15.2 Å². The fourth-order valence-electron chi connectivity index (χ4n) is 3.07. The van der Waals surface area contributed by atoms with Crippen molar-refractivity contribution in [2.75, 3.05) is 0 Å². The third-order valence-electron chi connectivity index (χ3n) is 4.92. The lowest BCUT2D eigenvalue weighted by molar-refractivity contribution is 0.158. The number of nitrogens with two attached hydrogens (primary N) is 1. The summed E-state index contributed by atoms with van der Waals surface area (Å²) in [5.74, 6) is 2.10. The zero-order chi connectivity index (χ0) is 21.3. The van der Waals surface area contributed by atoms with Crippen molar-refractivity contribution in [2.45, 2.75) is 44.9 Å². The minimum atomic E-state index is -0.497. The molecule has 2 atom stereocenters. The molecule has 0 aromatic heterocycles. The Morgan fingerprint density at radius 3 is 2.40 bits per heavy atom. The van der Waals surface area contributed by atoms with E-state index in [0.29, 0.717) is 23.1 Å². The van der Waals surface area contributed by atoms with Crippen molar-refractivity contribution in [3.8, 4) is 17.2 Å². The van der Waals surface area contributed by atoms with E-state index in [1.807, 2.05) is 72.8 Å². The highest BCUT2D eigenvalue weighted by Gasteiger charge is 2.10. The first kappa shape index (κ1) is 22.2. The zero-order valence-corrected chi connectivity index (χ0v) is 17.9. The van der Waals surface area contributed by atoms with Crippen molar-refractivity contribution in [1.29, 1.82) is 0 Å². The third kappa shape index (κ3) is 6.77. The van der Waals surface area contributed by atoms with Crippen LogP contribution >= 0.6 is 11.6 Å². The van der Waals surface area contributed by atoms with E-state index in [4.69, 9.17) is 26.8 Å². The summed E-state index contributed by atoms with van der Waals surface area (Å²) < 4.78 is 11.8. The van der Waals surface area contributed by atoms with Crippen LogP contribution in [0.3, 0.4) is 0 Å². The summed E-state index contributed by atoms with van der Waals surface area (Å²) in [4.78, 5) is 0. The molecular formula is C25H28ClNO3. The second-order valence-corrected chi connectivity index (χ2v) is 7.81. The molecule has 5 heteroatoms. The molecule has 4 nitrogen and oxygen atoms in total. The highest BCUT2D eigenvalue weighted by atomic mass is 35.5. The van der Waals surface area contributed by atoms with E-state index >= 15 is 0 Å². The maximum atomic E-state index is 9.48. The summed E-state index contributed by atoms with van der Waals surface area (Å²) in [6.45, 7) is 2.22. The molecule has 0 bridgehead atoms. The summed E-state index contributed by atoms with van der Waals surface area (Å²) >= 11 is 6.44. The molecule has 0 saturated heterocycles. The predicted molar refractivity (Wildman–Crippen MR) is 121 cm³/mol. The molecule has 0 aliphatic carbocycles. The van der Waals surface area contributed by atoms with Gasteiger partial charge >= 0.3 is 0 Å². The Balaban J connectivity index is 1.56. The van der Waals surface area contributed by atoms with E-state index in [1.54, 1.807) is 6.92 Å². The Hall–Kier alpha value is -2.53. The van der Waals surface area contributed by atoms with Crippen molar-refractivity contribution in [3.05, 3.63) is 88.9 Å². The number of aryl methyl sites for hydroxylation is 1.